The third kappa shape index (κ3) is 3.55. The molecule has 0 aromatic heterocycles. The molecule has 2 aromatic rings. The van der Waals surface area contributed by atoms with E-state index in [-0.39, 0.29) is 10.6 Å². The van der Waals surface area contributed by atoms with Crippen LogP contribution in [0.1, 0.15) is 5.56 Å². The smallest absolute Gasteiger partial charge is 0.242 e. The van der Waals surface area contributed by atoms with Crippen LogP contribution in [0.4, 0.5) is 5.69 Å². The molecule has 0 heterocycles. The van der Waals surface area contributed by atoms with E-state index >= 15 is 0 Å². The minimum absolute atomic E-state index is 0.0318. The maximum atomic E-state index is 11.7. The average Bonchev–Trinajstić information content (AvgIpc) is 2.43. The van der Waals surface area contributed by atoms with E-state index in [1.807, 2.05) is 25.1 Å². The Bertz CT molecular complexity index is 776. The Morgan fingerprint density at radius 1 is 1.14 bits per heavy atom. The molecule has 0 aliphatic heterocycles. The van der Waals surface area contributed by atoms with Crippen LogP contribution in [-0.4, -0.2) is 15.5 Å². The zero-order valence-corrected chi connectivity index (χ0v) is 14.0. The number of hydrogen-bond acceptors (Lipinski definition) is 4. The van der Waals surface area contributed by atoms with Crippen molar-refractivity contribution in [3.8, 4) is 11.5 Å². The van der Waals surface area contributed by atoms with Gasteiger partial charge in [0, 0.05) is 10.5 Å². The first-order valence-electron chi connectivity index (χ1n) is 6.10. The topological polar surface area (TPSA) is 81.4 Å². The lowest BCUT2D eigenvalue weighted by Crippen LogP contribution is -2.19. The number of halogens is 1. The first-order valence-corrected chi connectivity index (χ1v) is 8.38. The van der Waals surface area contributed by atoms with Gasteiger partial charge in [-0.3, -0.25) is 0 Å². The van der Waals surface area contributed by atoms with Gasteiger partial charge in [-0.2, -0.15) is 0 Å². The maximum Gasteiger partial charge on any atom is 0.242 e. The molecule has 0 spiro atoms. The van der Waals surface area contributed by atoms with Crippen LogP contribution in [0, 0.1) is 6.92 Å². The van der Waals surface area contributed by atoms with Crippen LogP contribution in [0.25, 0.3) is 0 Å². The fourth-order valence-corrected chi connectivity index (χ4v) is 2.84. The van der Waals surface area contributed by atoms with Crippen LogP contribution in [0.5, 0.6) is 11.5 Å². The van der Waals surface area contributed by atoms with E-state index < -0.39 is 10.0 Å². The van der Waals surface area contributed by atoms with Crippen molar-refractivity contribution in [2.45, 2.75) is 11.8 Å². The maximum absolute atomic E-state index is 11.7. The van der Waals surface area contributed by atoms with Crippen molar-refractivity contribution in [3.63, 3.8) is 0 Å². The van der Waals surface area contributed by atoms with Crippen LogP contribution in [0.3, 0.4) is 0 Å². The number of sulfonamides is 1. The summed E-state index contributed by atoms with van der Waals surface area (Å²) in [7, 11) is -2.23. The summed E-state index contributed by atoms with van der Waals surface area (Å²) in [6.07, 6.45) is 0. The van der Waals surface area contributed by atoms with E-state index in [1.54, 1.807) is 6.07 Å². The highest BCUT2D eigenvalue weighted by molar-refractivity contribution is 9.10. The van der Waals surface area contributed by atoms with E-state index in [4.69, 9.17) is 10.5 Å². The summed E-state index contributed by atoms with van der Waals surface area (Å²) in [5.74, 6) is 1.13. The second kappa shape index (κ2) is 6.05. The molecule has 5 nitrogen and oxygen atoms in total. The number of aryl methyl sites for hydroxylation is 1. The number of nitrogens with one attached hydrogen (secondary N) is 1. The zero-order chi connectivity index (χ0) is 15.6. The number of nitrogens with two attached hydrogens (primary N) is 1. The molecule has 0 saturated carbocycles. The van der Waals surface area contributed by atoms with Crippen molar-refractivity contribution < 1.29 is 13.2 Å². The predicted molar refractivity (Wildman–Crippen MR) is 86.1 cm³/mol. The number of hydrogen-bond donors (Lipinski definition) is 2. The molecule has 0 saturated heterocycles. The first-order chi connectivity index (χ1) is 9.83. The van der Waals surface area contributed by atoms with Gasteiger partial charge >= 0.3 is 0 Å². The molecule has 0 bridgehead atoms. The van der Waals surface area contributed by atoms with Gasteiger partial charge in [-0.1, -0.05) is 15.9 Å². The van der Waals surface area contributed by atoms with E-state index in [0.717, 1.165) is 10.0 Å². The quantitative estimate of drug-likeness (QED) is 0.810. The van der Waals surface area contributed by atoms with Crippen LogP contribution in [-0.2, 0) is 10.0 Å². The summed E-state index contributed by atoms with van der Waals surface area (Å²) in [5, 5.41) is 0. The lowest BCUT2D eigenvalue weighted by molar-refractivity contribution is 0.482. The second-order valence-corrected chi connectivity index (χ2v) is 7.13. The van der Waals surface area contributed by atoms with Crippen molar-refractivity contribution >= 4 is 31.6 Å². The molecule has 0 aliphatic rings. The van der Waals surface area contributed by atoms with E-state index in [0.29, 0.717) is 11.5 Å². The van der Waals surface area contributed by atoms with Crippen LogP contribution < -0.4 is 15.2 Å². The minimum Gasteiger partial charge on any atom is -0.457 e. The second-order valence-electron chi connectivity index (χ2n) is 4.42. The molecule has 0 atom stereocenters. The standard InChI is InChI=1S/C14H15BrN2O3S/c1-9-7-10(3-5-12(9)15)20-11-4-6-14(13(16)8-11)21(18,19)17-2/h3-8,17H,16H2,1-2H3. The fraction of sp³-hybridized carbons (Fsp3) is 0.143. The van der Waals surface area contributed by atoms with Gasteiger partial charge in [0.25, 0.3) is 0 Å². The highest BCUT2D eigenvalue weighted by Crippen LogP contribution is 2.29. The van der Waals surface area contributed by atoms with Crippen molar-refractivity contribution in [2.24, 2.45) is 0 Å². The number of anilines is 1. The SMILES string of the molecule is CNS(=O)(=O)c1ccc(Oc2ccc(Br)c(C)c2)cc1N. The summed E-state index contributed by atoms with van der Waals surface area (Å²) in [5.41, 5.74) is 6.96. The Kier molecular flexibility index (Phi) is 4.55. The predicted octanol–water partition coefficient (Wildman–Crippen LogP) is 3.04. The van der Waals surface area contributed by atoms with Crippen molar-refractivity contribution in [2.75, 3.05) is 12.8 Å². The molecule has 0 amide bonds. The third-order valence-corrected chi connectivity index (χ3v) is 5.28. The van der Waals surface area contributed by atoms with Gasteiger partial charge in [-0.05, 0) is 49.9 Å². The first kappa shape index (κ1) is 15.8. The van der Waals surface area contributed by atoms with E-state index in [2.05, 4.69) is 20.7 Å². The molecule has 0 radical (unpaired) electrons. The van der Waals surface area contributed by atoms with Gasteiger partial charge in [-0.25, -0.2) is 13.1 Å². The third-order valence-electron chi connectivity index (χ3n) is 2.90. The van der Waals surface area contributed by atoms with Crippen molar-refractivity contribution in [1.29, 1.82) is 0 Å². The average molecular weight is 371 g/mol. The van der Waals surface area contributed by atoms with E-state index in [1.165, 1.54) is 19.2 Å². The van der Waals surface area contributed by atoms with Crippen LogP contribution >= 0.6 is 15.9 Å². The molecular formula is C14H15BrN2O3S. The Morgan fingerprint density at radius 3 is 2.33 bits per heavy atom. The highest BCUT2D eigenvalue weighted by Gasteiger charge is 2.15. The molecule has 0 aliphatic carbocycles. The zero-order valence-electron chi connectivity index (χ0n) is 11.6. The van der Waals surface area contributed by atoms with Gasteiger partial charge in [0.15, 0.2) is 0 Å². The minimum atomic E-state index is -3.57. The van der Waals surface area contributed by atoms with Crippen molar-refractivity contribution in [1.82, 2.24) is 4.72 Å². The number of nitrogen functional groups attached to an aromatic ring is 1. The summed E-state index contributed by atoms with van der Waals surface area (Å²) in [4.78, 5) is 0.0318. The molecule has 2 aromatic carbocycles. The van der Waals surface area contributed by atoms with Gasteiger partial charge in [-0.15, -0.1) is 0 Å². The number of rotatable bonds is 4. The largest absolute Gasteiger partial charge is 0.457 e. The van der Waals surface area contributed by atoms with Crippen LogP contribution in [0.15, 0.2) is 45.8 Å². The molecule has 7 heteroatoms. The Labute approximate surface area is 132 Å². The number of ether oxygens (including phenoxy) is 1. The summed E-state index contributed by atoms with van der Waals surface area (Å²) in [6.45, 7) is 1.95. The Morgan fingerprint density at radius 2 is 1.76 bits per heavy atom. The molecule has 3 N–H and O–H groups in total. The molecular weight excluding hydrogens is 356 g/mol. The van der Waals surface area contributed by atoms with E-state index in [9.17, 15) is 8.42 Å². The molecule has 2 rings (SSSR count). The summed E-state index contributed by atoms with van der Waals surface area (Å²) < 4.78 is 32.4. The Balaban J connectivity index is 2.30. The van der Waals surface area contributed by atoms with Gasteiger partial charge < -0.3 is 10.5 Å². The molecule has 21 heavy (non-hydrogen) atoms. The van der Waals surface area contributed by atoms with Crippen molar-refractivity contribution in [3.05, 3.63) is 46.4 Å². The van der Waals surface area contributed by atoms with Crippen LogP contribution in [0.2, 0.25) is 0 Å². The molecule has 0 fully saturated rings. The summed E-state index contributed by atoms with van der Waals surface area (Å²) >= 11 is 3.42. The number of benzene rings is 2. The lowest BCUT2D eigenvalue weighted by atomic mass is 10.2. The monoisotopic (exact) mass is 370 g/mol. The summed E-state index contributed by atoms with van der Waals surface area (Å²) in [6, 6.07) is 10.0. The fourth-order valence-electron chi connectivity index (χ4n) is 1.76. The lowest BCUT2D eigenvalue weighted by Gasteiger charge is -2.10. The van der Waals surface area contributed by atoms with Gasteiger partial charge in [0.05, 0.1) is 5.69 Å². The molecule has 0 unspecified atom stereocenters. The normalized spacial score (nSPS) is 11.4. The Hall–Kier alpha value is -1.57. The molecule has 112 valence electrons. The van der Waals surface area contributed by atoms with Gasteiger partial charge in [0.1, 0.15) is 16.4 Å². The van der Waals surface area contributed by atoms with Gasteiger partial charge in [0.2, 0.25) is 10.0 Å². The highest BCUT2D eigenvalue weighted by atomic mass is 79.9.